The summed E-state index contributed by atoms with van der Waals surface area (Å²) < 4.78 is 13.1. The predicted octanol–water partition coefficient (Wildman–Crippen LogP) is 3.85. The quantitative estimate of drug-likeness (QED) is 0.660. The van der Waals surface area contributed by atoms with Crippen LogP contribution in [-0.4, -0.2) is 26.8 Å². The molecule has 0 aliphatic heterocycles. The van der Waals surface area contributed by atoms with Crippen molar-refractivity contribution in [3.63, 3.8) is 0 Å². The van der Waals surface area contributed by atoms with Crippen LogP contribution in [0.25, 0.3) is 12.2 Å². The second-order valence-corrected chi connectivity index (χ2v) is 6.04. The minimum Gasteiger partial charge on any atom is -0.325 e. The summed E-state index contributed by atoms with van der Waals surface area (Å²) in [6, 6.07) is 15.6. The summed E-state index contributed by atoms with van der Waals surface area (Å²) in [6.45, 7) is 0. The molecule has 5 nitrogen and oxygen atoms in total. The molecule has 126 valence electrons. The number of rotatable bonds is 6. The van der Waals surface area contributed by atoms with E-state index in [0.29, 0.717) is 16.7 Å². The molecule has 0 bridgehead atoms. The van der Waals surface area contributed by atoms with Crippen molar-refractivity contribution in [3.8, 4) is 0 Å². The van der Waals surface area contributed by atoms with Gasteiger partial charge in [0.25, 0.3) is 0 Å². The van der Waals surface area contributed by atoms with Gasteiger partial charge in [0.15, 0.2) is 0 Å². The number of aromatic nitrogens is 3. The smallest absolute Gasteiger partial charge is 0.234 e. The van der Waals surface area contributed by atoms with E-state index in [1.807, 2.05) is 42.5 Å². The van der Waals surface area contributed by atoms with Gasteiger partial charge in [-0.1, -0.05) is 54.2 Å². The Kier molecular flexibility index (Phi) is 5.58. The van der Waals surface area contributed by atoms with Crippen molar-refractivity contribution >= 4 is 35.5 Å². The molecular weight excluding hydrogens is 339 g/mol. The summed E-state index contributed by atoms with van der Waals surface area (Å²) in [7, 11) is 0. The van der Waals surface area contributed by atoms with Crippen LogP contribution < -0.4 is 5.32 Å². The molecule has 0 saturated heterocycles. The summed E-state index contributed by atoms with van der Waals surface area (Å²) >= 11 is 1.20. The van der Waals surface area contributed by atoms with E-state index in [1.165, 1.54) is 23.9 Å². The summed E-state index contributed by atoms with van der Waals surface area (Å²) in [5, 5.41) is 9.97. The van der Waals surface area contributed by atoms with Crippen LogP contribution in [-0.2, 0) is 4.79 Å². The Bertz CT molecular complexity index is 880. The highest BCUT2D eigenvalue weighted by molar-refractivity contribution is 7.99. The number of nitrogens with one attached hydrogen (secondary N) is 2. The molecule has 1 amide bonds. The van der Waals surface area contributed by atoms with Crippen molar-refractivity contribution in [1.29, 1.82) is 0 Å². The number of benzene rings is 2. The lowest BCUT2D eigenvalue weighted by Gasteiger charge is -2.03. The molecule has 0 unspecified atom stereocenters. The van der Waals surface area contributed by atoms with Crippen molar-refractivity contribution in [1.82, 2.24) is 15.2 Å². The van der Waals surface area contributed by atoms with Gasteiger partial charge in [-0.3, -0.25) is 9.89 Å². The summed E-state index contributed by atoms with van der Waals surface area (Å²) in [5.74, 6) is 0.101. The zero-order valence-corrected chi connectivity index (χ0v) is 14.0. The van der Waals surface area contributed by atoms with Crippen molar-refractivity contribution < 1.29 is 9.18 Å². The van der Waals surface area contributed by atoms with Gasteiger partial charge < -0.3 is 5.32 Å². The summed E-state index contributed by atoms with van der Waals surface area (Å²) in [6.07, 6.45) is 3.74. The van der Waals surface area contributed by atoms with E-state index >= 15 is 0 Å². The largest absolute Gasteiger partial charge is 0.325 e. The Morgan fingerprint density at radius 3 is 2.80 bits per heavy atom. The Hall–Kier alpha value is -2.93. The van der Waals surface area contributed by atoms with Crippen LogP contribution >= 0.6 is 11.8 Å². The van der Waals surface area contributed by atoms with E-state index in [-0.39, 0.29) is 11.7 Å². The van der Waals surface area contributed by atoms with Gasteiger partial charge >= 0.3 is 0 Å². The second kappa shape index (κ2) is 8.25. The Morgan fingerprint density at radius 1 is 1.16 bits per heavy atom. The topological polar surface area (TPSA) is 70.7 Å². The third-order valence-electron chi connectivity index (χ3n) is 3.16. The van der Waals surface area contributed by atoms with Crippen molar-refractivity contribution in [2.24, 2.45) is 0 Å². The fraction of sp³-hybridized carbons (Fsp3) is 0.0556. The number of hydrogen-bond donors (Lipinski definition) is 2. The molecule has 0 aliphatic carbocycles. The summed E-state index contributed by atoms with van der Waals surface area (Å²) in [5.41, 5.74) is 1.48. The minimum atomic E-state index is -0.394. The number of hydrogen-bond acceptors (Lipinski definition) is 4. The SMILES string of the molecule is O=C(CSc1n[nH]c(/C=C/c2ccccc2)n1)Nc1cccc(F)c1. The van der Waals surface area contributed by atoms with Crippen LogP contribution in [0.2, 0.25) is 0 Å². The third-order valence-corrected chi connectivity index (χ3v) is 4.00. The van der Waals surface area contributed by atoms with Gasteiger partial charge in [-0.2, -0.15) is 0 Å². The average molecular weight is 354 g/mol. The van der Waals surface area contributed by atoms with E-state index in [9.17, 15) is 9.18 Å². The highest BCUT2D eigenvalue weighted by Crippen LogP contribution is 2.15. The predicted molar refractivity (Wildman–Crippen MR) is 97.5 cm³/mol. The highest BCUT2D eigenvalue weighted by atomic mass is 32.2. The van der Waals surface area contributed by atoms with E-state index < -0.39 is 5.82 Å². The third kappa shape index (κ3) is 5.29. The van der Waals surface area contributed by atoms with Gasteiger partial charge in [0.05, 0.1) is 5.75 Å². The van der Waals surface area contributed by atoms with E-state index in [2.05, 4.69) is 20.5 Å². The fourth-order valence-corrected chi connectivity index (χ4v) is 2.64. The van der Waals surface area contributed by atoms with Gasteiger partial charge in [-0.15, -0.1) is 5.10 Å². The lowest BCUT2D eigenvalue weighted by molar-refractivity contribution is -0.113. The molecule has 0 spiro atoms. The number of aromatic amines is 1. The Morgan fingerprint density at radius 2 is 2.00 bits per heavy atom. The minimum absolute atomic E-state index is 0.135. The number of nitrogens with zero attached hydrogens (tertiary/aromatic N) is 2. The van der Waals surface area contributed by atoms with Crippen molar-refractivity contribution in [2.45, 2.75) is 5.16 Å². The van der Waals surface area contributed by atoms with Gasteiger partial charge in [-0.25, -0.2) is 9.37 Å². The van der Waals surface area contributed by atoms with Crippen molar-refractivity contribution in [3.05, 3.63) is 71.8 Å². The molecule has 3 aromatic rings. The molecular formula is C18H15FN4OS. The number of amides is 1. The molecule has 7 heteroatoms. The lowest BCUT2D eigenvalue weighted by atomic mass is 10.2. The Balaban J connectivity index is 1.51. The van der Waals surface area contributed by atoms with Crippen molar-refractivity contribution in [2.75, 3.05) is 11.1 Å². The van der Waals surface area contributed by atoms with Crippen LogP contribution in [0.1, 0.15) is 11.4 Å². The zero-order chi connectivity index (χ0) is 17.5. The maximum atomic E-state index is 13.1. The standard InChI is InChI=1S/C18H15FN4OS/c19-14-7-4-8-15(11-14)20-17(24)12-25-18-21-16(22-23-18)10-9-13-5-2-1-3-6-13/h1-11H,12H2,(H,20,24)(H,21,22,23)/b10-9+. The first kappa shape index (κ1) is 16.9. The fourth-order valence-electron chi connectivity index (χ4n) is 2.03. The van der Waals surface area contributed by atoms with E-state index in [0.717, 1.165) is 5.56 Å². The van der Waals surface area contributed by atoms with Crippen LogP contribution in [0.5, 0.6) is 0 Å². The average Bonchev–Trinajstić information content (AvgIpc) is 3.07. The zero-order valence-electron chi connectivity index (χ0n) is 13.1. The monoisotopic (exact) mass is 354 g/mol. The van der Waals surface area contributed by atoms with Gasteiger partial charge in [0.2, 0.25) is 11.1 Å². The highest BCUT2D eigenvalue weighted by Gasteiger charge is 2.07. The maximum Gasteiger partial charge on any atom is 0.234 e. The molecule has 1 heterocycles. The van der Waals surface area contributed by atoms with Gasteiger partial charge in [0, 0.05) is 5.69 Å². The molecule has 0 saturated carbocycles. The molecule has 25 heavy (non-hydrogen) atoms. The lowest BCUT2D eigenvalue weighted by Crippen LogP contribution is -2.14. The molecule has 0 fully saturated rings. The molecule has 3 rings (SSSR count). The van der Waals surface area contributed by atoms with Gasteiger partial charge in [-0.05, 0) is 29.8 Å². The molecule has 0 radical (unpaired) electrons. The first-order chi connectivity index (χ1) is 12.2. The second-order valence-electron chi connectivity index (χ2n) is 5.09. The number of thioether (sulfide) groups is 1. The maximum absolute atomic E-state index is 13.1. The van der Waals surface area contributed by atoms with Gasteiger partial charge in [0.1, 0.15) is 11.6 Å². The molecule has 1 aromatic heterocycles. The van der Waals surface area contributed by atoms with Crippen LogP contribution in [0.3, 0.4) is 0 Å². The number of anilines is 1. The van der Waals surface area contributed by atoms with Crippen LogP contribution in [0.15, 0.2) is 59.8 Å². The number of halogens is 1. The number of carbonyl (C=O) groups is 1. The van der Waals surface area contributed by atoms with E-state index in [4.69, 9.17) is 0 Å². The van der Waals surface area contributed by atoms with Crippen LogP contribution in [0, 0.1) is 5.82 Å². The molecule has 0 aliphatic rings. The van der Waals surface area contributed by atoms with Crippen LogP contribution in [0.4, 0.5) is 10.1 Å². The number of H-pyrrole nitrogens is 1. The number of carbonyl (C=O) groups excluding carboxylic acids is 1. The summed E-state index contributed by atoms with van der Waals surface area (Å²) in [4.78, 5) is 16.2. The molecule has 2 N–H and O–H groups in total. The van der Waals surface area contributed by atoms with E-state index in [1.54, 1.807) is 12.1 Å². The first-order valence-corrected chi connectivity index (χ1v) is 8.51. The first-order valence-electron chi connectivity index (χ1n) is 7.53. The Labute approximate surface area is 148 Å². The normalized spacial score (nSPS) is 10.9. The molecule has 0 atom stereocenters. The molecule has 2 aromatic carbocycles.